The van der Waals surface area contributed by atoms with Crippen LogP contribution in [0, 0.1) is 0 Å². The van der Waals surface area contributed by atoms with Crippen LogP contribution in [0.3, 0.4) is 0 Å². The molecule has 1 amide bonds. The molecule has 1 rings (SSSR count). The van der Waals surface area contributed by atoms with Gasteiger partial charge in [0.05, 0.1) is 13.5 Å². The van der Waals surface area contributed by atoms with Crippen molar-refractivity contribution in [1.82, 2.24) is 4.90 Å². The standard InChI is InChI=1S/C14H19NO4/c1-10(2)15(9-14(17)18)13(16)8-11-6-4-5-7-12(11)19-3/h4-7,10H,8-9H2,1-3H3,(H,17,18). The number of nitrogens with zero attached hydrogens (tertiary/aromatic N) is 1. The normalized spacial score (nSPS) is 10.3. The zero-order chi connectivity index (χ0) is 14.4. The van der Waals surface area contributed by atoms with Crippen LogP contribution in [0.15, 0.2) is 24.3 Å². The Balaban J connectivity index is 2.84. The number of benzene rings is 1. The second-order valence-electron chi connectivity index (χ2n) is 4.50. The number of carboxylic acids is 1. The number of amides is 1. The van der Waals surface area contributed by atoms with E-state index in [-0.39, 0.29) is 24.9 Å². The van der Waals surface area contributed by atoms with Gasteiger partial charge < -0.3 is 14.7 Å². The summed E-state index contributed by atoms with van der Waals surface area (Å²) in [4.78, 5) is 24.3. The Labute approximate surface area is 112 Å². The number of carbonyl (C=O) groups is 2. The molecule has 1 N–H and O–H groups in total. The van der Waals surface area contributed by atoms with Gasteiger partial charge in [-0.05, 0) is 19.9 Å². The predicted octanol–water partition coefficient (Wildman–Crippen LogP) is 1.56. The first-order valence-corrected chi connectivity index (χ1v) is 6.08. The van der Waals surface area contributed by atoms with Gasteiger partial charge in [-0.3, -0.25) is 9.59 Å². The van der Waals surface area contributed by atoms with E-state index in [1.807, 2.05) is 12.1 Å². The molecule has 0 spiro atoms. The molecule has 19 heavy (non-hydrogen) atoms. The number of methoxy groups -OCH3 is 1. The number of aliphatic carboxylic acids is 1. The van der Waals surface area contributed by atoms with Gasteiger partial charge in [-0.2, -0.15) is 0 Å². The van der Waals surface area contributed by atoms with E-state index < -0.39 is 5.97 Å². The number of ether oxygens (including phenoxy) is 1. The molecule has 0 radical (unpaired) electrons. The zero-order valence-corrected chi connectivity index (χ0v) is 11.4. The summed E-state index contributed by atoms with van der Waals surface area (Å²) in [5, 5.41) is 8.83. The maximum absolute atomic E-state index is 12.2. The highest BCUT2D eigenvalue weighted by Gasteiger charge is 2.20. The second-order valence-corrected chi connectivity index (χ2v) is 4.50. The fourth-order valence-electron chi connectivity index (χ4n) is 1.82. The molecule has 0 aliphatic heterocycles. The van der Waals surface area contributed by atoms with Crippen molar-refractivity contribution in [3.63, 3.8) is 0 Å². The van der Waals surface area contributed by atoms with E-state index in [0.29, 0.717) is 5.75 Å². The molecule has 0 aliphatic carbocycles. The summed E-state index contributed by atoms with van der Waals surface area (Å²) in [6.07, 6.45) is 0.134. The molecule has 0 saturated carbocycles. The highest BCUT2D eigenvalue weighted by Crippen LogP contribution is 2.18. The SMILES string of the molecule is COc1ccccc1CC(=O)N(CC(=O)O)C(C)C. The molecule has 1 aromatic carbocycles. The summed E-state index contributed by atoms with van der Waals surface area (Å²) in [7, 11) is 1.54. The van der Waals surface area contributed by atoms with Crippen LogP contribution in [0.2, 0.25) is 0 Å². The lowest BCUT2D eigenvalue weighted by molar-refractivity contribution is -0.145. The quantitative estimate of drug-likeness (QED) is 0.847. The lowest BCUT2D eigenvalue weighted by atomic mass is 10.1. The third kappa shape index (κ3) is 4.28. The van der Waals surface area contributed by atoms with Crippen LogP contribution in [0.4, 0.5) is 0 Å². The highest BCUT2D eigenvalue weighted by atomic mass is 16.5. The number of carboxylic acid groups (broad SMARTS) is 1. The first-order valence-electron chi connectivity index (χ1n) is 6.08. The molecule has 0 heterocycles. The van der Waals surface area contributed by atoms with E-state index in [4.69, 9.17) is 9.84 Å². The van der Waals surface area contributed by atoms with Crippen LogP contribution >= 0.6 is 0 Å². The minimum Gasteiger partial charge on any atom is -0.496 e. The average Bonchev–Trinajstić information content (AvgIpc) is 2.36. The summed E-state index contributed by atoms with van der Waals surface area (Å²) >= 11 is 0. The van der Waals surface area contributed by atoms with E-state index in [1.54, 1.807) is 33.1 Å². The Morgan fingerprint density at radius 3 is 2.47 bits per heavy atom. The largest absolute Gasteiger partial charge is 0.496 e. The second kappa shape index (κ2) is 6.78. The van der Waals surface area contributed by atoms with Crippen LogP contribution in [-0.4, -0.2) is 41.6 Å². The first-order chi connectivity index (χ1) is 8.95. The van der Waals surface area contributed by atoms with Crippen molar-refractivity contribution in [1.29, 1.82) is 0 Å². The molecule has 0 aliphatic rings. The lowest BCUT2D eigenvalue weighted by Crippen LogP contribution is -2.41. The van der Waals surface area contributed by atoms with Crippen molar-refractivity contribution >= 4 is 11.9 Å². The molecule has 0 fully saturated rings. The fourth-order valence-corrected chi connectivity index (χ4v) is 1.82. The Morgan fingerprint density at radius 2 is 1.95 bits per heavy atom. The molecule has 104 valence electrons. The minimum atomic E-state index is -1.01. The van der Waals surface area contributed by atoms with Crippen molar-refractivity contribution in [2.45, 2.75) is 26.3 Å². The van der Waals surface area contributed by atoms with Gasteiger partial charge in [0.2, 0.25) is 5.91 Å². The van der Waals surface area contributed by atoms with E-state index in [9.17, 15) is 9.59 Å². The zero-order valence-electron chi connectivity index (χ0n) is 11.4. The third-order valence-electron chi connectivity index (χ3n) is 2.78. The molecular formula is C14H19NO4. The molecule has 5 heteroatoms. The summed E-state index contributed by atoms with van der Waals surface area (Å²) in [5.74, 6) is -0.598. The average molecular weight is 265 g/mol. The molecule has 1 aromatic rings. The summed E-state index contributed by atoms with van der Waals surface area (Å²) in [5.41, 5.74) is 0.756. The predicted molar refractivity (Wildman–Crippen MR) is 71.2 cm³/mol. The summed E-state index contributed by atoms with van der Waals surface area (Å²) in [6, 6.07) is 7.07. The van der Waals surface area contributed by atoms with Crippen molar-refractivity contribution < 1.29 is 19.4 Å². The van der Waals surface area contributed by atoms with Gasteiger partial charge in [-0.25, -0.2) is 0 Å². The van der Waals surface area contributed by atoms with E-state index in [0.717, 1.165) is 5.56 Å². The maximum atomic E-state index is 12.2. The molecule has 0 atom stereocenters. The number of hydrogen-bond acceptors (Lipinski definition) is 3. The van der Waals surface area contributed by atoms with Gasteiger partial charge in [0.15, 0.2) is 0 Å². The van der Waals surface area contributed by atoms with Gasteiger partial charge in [0.25, 0.3) is 0 Å². The monoisotopic (exact) mass is 265 g/mol. The Bertz CT molecular complexity index is 457. The third-order valence-corrected chi connectivity index (χ3v) is 2.78. The number of carbonyl (C=O) groups excluding carboxylic acids is 1. The van der Waals surface area contributed by atoms with Gasteiger partial charge >= 0.3 is 5.97 Å². The van der Waals surface area contributed by atoms with Crippen LogP contribution in [0.25, 0.3) is 0 Å². The summed E-state index contributed by atoms with van der Waals surface area (Å²) < 4.78 is 5.18. The Morgan fingerprint density at radius 1 is 1.32 bits per heavy atom. The fraction of sp³-hybridized carbons (Fsp3) is 0.429. The van der Waals surface area contributed by atoms with Crippen LogP contribution in [0.1, 0.15) is 19.4 Å². The molecule has 0 saturated heterocycles. The van der Waals surface area contributed by atoms with E-state index >= 15 is 0 Å². The highest BCUT2D eigenvalue weighted by molar-refractivity contribution is 5.83. The van der Waals surface area contributed by atoms with Gasteiger partial charge in [0.1, 0.15) is 12.3 Å². The summed E-state index contributed by atoms with van der Waals surface area (Å²) in [6.45, 7) is 3.30. The first kappa shape index (κ1) is 15.0. The number of hydrogen-bond donors (Lipinski definition) is 1. The lowest BCUT2D eigenvalue weighted by Gasteiger charge is -2.25. The van der Waals surface area contributed by atoms with E-state index in [2.05, 4.69) is 0 Å². The Kier molecular flexibility index (Phi) is 5.36. The van der Waals surface area contributed by atoms with Gasteiger partial charge in [0, 0.05) is 11.6 Å². The molecule has 0 unspecified atom stereocenters. The van der Waals surface area contributed by atoms with Gasteiger partial charge in [-0.1, -0.05) is 18.2 Å². The van der Waals surface area contributed by atoms with E-state index in [1.165, 1.54) is 4.90 Å². The molecular weight excluding hydrogens is 246 g/mol. The maximum Gasteiger partial charge on any atom is 0.323 e. The topological polar surface area (TPSA) is 66.8 Å². The van der Waals surface area contributed by atoms with Crippen molar-refractivity contribution in [3.8, 4) is 5.75 Å². The number of para-hydroxylation sites is 1. The van der Waals surface area contributed by atoms with Gasteiger partial charge in [-0.15, -0.1) is 0 Å². The molecule has 5 nitrogen and oxygen atoms in total. The van der Waals surface area contributed by atoms with Crippen molar-refractivity contribution in [2.75, 3.05) is 13.7 Å². The molecule has 0 bridgehead atoms. The molecule has 0 aromatic heterocycles. The minimum absolute atomic E-state index is 0.134. The van der Waals surface area contributed by atoms with Crippen LogP contribution in [0.5, 0.6) is 5.75 Å². The number of rotatable bonds is 6. The van der Waals surface area contributed by atoms with Crippen molar-refractivity contribution in [2.24, 2.45) is 0 Å². The Hall–Kier alpha value is -2.04. The van der Waals surface area contributed by atoms with Crippen molar-refractivity contribution in [3.05, 3.63) is 29.8 Å². The smallest absolute Gasteiger partial charge is 0.323 e. The van der Waals surface area contributed by atoms with Crippen LogP contribution < -0.4 is 4.74 Å². The van der Waals surface area contributed by atoms with Crippen LogP contribution in [-0.2, 0) is 16.0 Å².